The average Bonchev–Trinajstić information content (AvgIpc) is 2.84. The van der Waals surface area contributed by atoms with Crippen LogP contribution in [0.5, 0.6) is 5.75 Å². The molecule has 0 spiro atoms. The van der Waals surface area contributed by atoms with Crippen molar-refractivity contribution in [2.45, 2.75) is 6.04 Å². The number of piperazine rings is 1. The Labute approximate surface area is 198 Å². The van der Waals surface area contributed by atoms with Crippen molar-refractivity contribution >= 4 is 29.3 Å². The number of hydrogen-bond donors (Lipinski definition) is 2. The molecule has 1 atom stereocenters. The summed E-state index contributed by atoms with van der Waals surface area (Å²) in [5.74, 6) is 0.154. The molecule has 0 bridgehead atoms. The monoisotopic (exact) mass is 470 g/mol. The topological polar surface area (TPSA) is 83.1 Å². The third-order valence-corrected chi connectivity index (χ3v) is 6.25. The van der Waals surface area contributed by atoms with Gasteiger partial charge in [-0.05, 0) is 29.8 Å². The number of rotatable bonds is 6. The second-order valence-electron chi connectivity index (χ2n) is 7.91. The molecule has 0 radical (unpaired) electrons. The van der Waals surface area contributed by atoms with Crippen molar-refractivity contribution < 1.29 is 19.1 Å². The Balaban J connectivity index is 1.56. The minimum Gasteiger partial charge on any atom is -0.497 e. The summed E-state index contributed by atoms with van der Waals surface area (Å²) in [6.07, 6.45) is 0. The molecule has 0 aliphatic carbocycles. The van der Waals surface area contributed by atoms with Crippen molar-refractivity contribution in [2.75, 3.05) is 51.8 Å². The zero-order valence-corrected chi connectivity index (χ0v) is 19.4. The number of carbonyl (C=O) groups excluding carboxylic acids is 2. The number of carbonyl (C=O) groups is 2. The van der Waals surface area contributed by atoms with E-state index in [0.29, 0.717) is 23.6 Å². The lowest BCUT2D eigenvalue weighted by Gasteiger charge is -2.38. The van der Waals surface area contributed by atoms with E-state index in [1.165, 1.54) is 7.11 Å². The maximum absolute atomic E-state index is 12.8. The summed E-state index contributed by atoms with van der Waals surface area (Å²) in [7, 11) is 2.92. The van der Waals surface area contributed by atoms with E-state index in [0.717, 1.165) is 42.5 Å². The van der Waals surface area contributed by atoms with Gasteiger partial charge in [-0.3, -0.25) is 4.90 Å². The number of nitrogens with zero attached hydrogens (tertiary/aromatic N) is 2. The Kier molecular flexibility index (Phi) is 7.05. The summed E-state index contributed by atoms with van der Waals surface area (Å²) < 4.78 is 10.4. The van der Waals surface area contributed by atoms with Gasteiger partial charge in [0.25, 0.3) is 0 Å². The Bertz CT molecular complexity index is 1070. The van der Waals surface area contributed by atoms with Crippen LogP contribution in [0.15, 0.2) is 59.8 Å². The van der Waals surface area contributed by atoms with Gasteiger partial charge in [-0.25, -0.2) is 9.59 Å². The molecule has 0 unspecified atom stereocenters. The van der Waals surface area contributed by atoms with Crippen molar-refractivity contribution in [3.8, 4) is 5.75 Å². The predicted molar refractivity (Wildman–Crippen MR) is 127 cm³/mol. The van der Waals surface area contributed by atoms with Crippen molar-refractivity contribution in [1.29, 1.82) is 0 Å². The maximum Gasteiger partial charge on any atom is 0.338 e. The summed E-state index contributed by atoms with van der Waals surface area (Å²) in [4.78, 5) is 29.8. The maximum atomic E-state index is 12.8. The van der Waals surface area contributed by atoms with E-state index in [4.69, 9.17) is 21.1 Å². The zero-order chi connectivity index (χ0) is 23.4. The molecule has 2 amide bonds. The van der Waals surface area contributed by atoms with Gasteiger partial charge in [0.05, 0.1) is 36.5 Å². The Morgan fingerprint density at radius 3 is 2.55 bits per heavy atom. The summed E-state index contributed by atoms with van der Waals surface area (Å²) >= 11 is 6.35. The number of nitrogens with one attached hydrogen (secondary N) is 2. The van der Waals surface area contributed by atoms with E-state index in [1.807, 2.05) is 42.5 Å². The first-order valence-corrected chi connectivity index (χ1v) is 11.1. The Hall–Kier alpha value is -3.23. The molecule has 9 heteroatoms. The zero-order valence-electron chi connectivity index (χ0n) is 18.6. The molecule has 1 saturated heterocycles. The highest BCUT2D eigenvalue weighted by molar-refractivity contribution is 6.33. The first-order chi connectivity index (χ1) is 16.0. The number of ether oxygens (including phenoxy) is 2. The predicted octanol–water partition coefficient (Wildman–Crippen LogP) is 2.95. The standard InChI is InChI=1S/C24H27ClN4O4/c1-32-17-7-5-6-16(14-17)22-21(23(30)33-2)19(26-24(31)27-22)15-28-10-12-29(13-11-28)20-9-4-3-8-18(20)25/h3-9,14,22H,10-13,15H2,1-2H3,(H2,26,27,31)/t22-/m0/s1. The largest absolute Gasteiger partial charge is 0.497 e. The third-order valence-electron chi connectivity index (χ3n) is 5.93. The van der Waals surface area contributed by atoms with Crippen LogP contribution in [-0.4, -0.2) is 63.8 Å². The minimum absolute atomic E-state index is 0.361. The molecule has 0 aromatic heterocycles. The fraction of sp³-hybridized carbons (Fsp3) is 0.333. The lowest BCUT2D eigenvalue weighted by atomic mass is 9.94. The summed E-state index contributed by atoms with van der Waals surface area (Å²) in [5.41, 5.74) is 2.69. The van der Waals surface area contributed by atoms with E-state index in [-0.39, 0.29) is 6.03 Å². The lowest BCUT2D eigenvalue weighted by molar-refractivity contribution is -0.136. The van der Waals surface area contributed by atoms with Crippen molar-refractivity contribution in [3.05, 3.63) is 70.4 Å². The normalized spacial score (nSPS) is 19.1. The highest BCUT2D eigenvalue weighted by atomic mass is 35.5. The summed E-state index contributed by atoms with van der Waals surface area (Å²) in [6, 6.07) is 14.1. The molecule has 8 nitrogen and oxygen atoms in total. The molecule has 2 N–H and O–H groups in total. The third kappa shape index (κ3) is 5.07. The van der Waals surface area contributed by atoms with Crippen LogP contribution in [0, 0.1) is 0 Å². The van der Waals surface area contributed by atoms with E-state index < -0.39 is 12.0 Å². The molecule has 2 heterocycles. The number of methoxy groups -OCH3 is 2. The number of para-hydroxylation sites is 1. The van der Waals surface area contributed by atoms with E-state index >= 15 is 0 Å². The van der Waals surface area contributed by atoms with Crippen LogP contribution in [0.4, 0.5) is 10.5 Å². The quantitative estimate of drug-likeness (QED) is 0.632. The highest BCUT2D eigenvalue weighted by Crippen LogP contribution is 2.31. The van der Waals surface area contributed by atoms with Gasteiger partial charge in [-0.1, -0.05) is 35.9 Å². The SMILES string of the molecule is COC(=O)C1=C(CN2CCN(c3ccccc3Cl)CC2)NC(=O)N[C@H]1c1cccc(OC)c1. The van der Waals surface area contributed by atoms with Gasteiger partial charge in [0.1, 0.15) is 5.75 Å². The number of esters is 1. The van der Waals surface area contributed by atoms with E-state index in [1.54, 1.807) is 13.2 Å². The van der Waals surface area contributed by atoms with Crippen LogP contribution in [0.3, 0.4) is 0 Å². The highest BCUT2D eigenvalue weighted by Gasteiger charge is 2.34. The molecule has 0 saturated carbocycles. The van der Waals surface area contributed by atoms with Gasteiger partial charge >= 0.3 is 12.0 Å². The fourth-order valence-electron chi connectivity index (χ4n) is 4.24. The van der Waals surface area contributed by atoms with Gasteiger partial charge in [0.2, 0.25) is 0 Å². The second kappa shape index (κ2) is 10.1. The molecule has 2 aliphatic rings. The molecule has 2 aliphatic heterocycles. The van der Waals surface area contributed by atoms with Crippen LogP contribution in [0.2, 0.25) is 5.02 Å². The Morgan fingerprint density at radius 1 is 1.09 bits per heavy atom. The number of urea groups is 1. The average molecular weight is 471 g/mol. The molecule has 4 rings (SSSR count). The van der Waals surface area contributed by atoms with Crippen LogP contribution >= 0.6 is 11.6 Å². The summed E-state index contributed by atoms with van der Waals surface area (Å²) in [5, 5.41) is 6.41. The smallest absolute Gasteiger partial charge is 0.338 e. The molecule has 33 heavy (non-hydrogen) atoms. The van der Waals surface area contributed by atoms with Crippen LogP contribution < -0.4 is 20.3 Å². The number of halogens is 1. The van der Waals surface area contributed by atoms with Crippen molar-refractivity contribution in [3.63, 3.8) is 0 Å². The first-order valence-electron chi connectivity index (χ1n) is 10.7. The second-order valence-corrected chi connectivity index (χ2v) is 8.31. The van der Waals surface area contributed by atoms with Crippen molar-refractivity contribution in [1.82, 2.24) is 15.5 Å². The molecular formula is C24H27ClN4O4. The number of amides is 2. The molecule has 2 aromatic carbocycles. The van der Waals surface area contributed by atoms with Gasteiger partial charge in [0, 0.05) is 38.4 Å². The van der Waals surface area contributed by atoms with E-state index in [2.05, 4.69) is 20.4 Å². The fourth-order valence-corrected chi connectivity index (χ4v) is 4.50. The number of hydrogen-bond acceptors (Lipinski definition) is 6. The van der Waals surface area contributed by atoms with Crippen LogP contribution in [0.25, 0.3) is 0 Å². The summed E-state index contributed by atoms with van der Waals surface area (Å²) in [6.45, 7) is 3.52. The molecule has 174 valence electrons. The lowest BCUT2D eigenvalue weighted by Crippen LogP contribution is -2.51. The molecular weight excluding hydrogens is 444 g/mol. The minimum atomic E-state index is -0.638. The van der Waals surface area contributed by atoms with E-state index in [9.17, 15) is 9.59 Å². The van der Waals surface area contributed by atoms with Gasteiger partial charge in [-0.15, -0.1) is 0 Å². The molecule has 2 aromatic rings. The van der Waals surface area contributed by atoms with Gasteiger partial charge < -0.3 is 25.0 Å². The van der Waals surface area contributed by atoms with Crippen molar-refractivity contribution in [2.24, 2.45) is 0 Å². The number of anilines is 1. The van der Waals surface area contributed by atoms with Gasteiger partial charge in [-0.2, -0.15) is 0 Å². The molecule has 1 fully saturated rings. The van der Waals surface area contributed by atoms with Gasteiger partial charge in [0.15, 0.2) is 0 Å². The number of benzene rings is 2. The first kappa shape index (κ1) is 22.9. The Morgan fingerprint density at radius 2 is 1.85 bits per heavy atom. The van der Waals surface area contributed by atoms with Crippen LogP contribution in [0.1, 0.15) is 11.6 Å². The van der Waals surface area contributed by atoms with Crippen LogP contribution in [-0.2, 0) is 9.53 Å².